The van der Waals surface area contributed by atoms with Crippen LogP contribution in [0.1, 0.15) is 44.2 Å². The lowest BCUT2D eigenvalue weighted by Crippen LogP contribution is -2.10. The average molecular weight is 286 g/mol. The molecule has 16 heavy (non-hydrogen) atoms. The zero-order chi connectivity index (χ0) is 12.0. The Morgan fingerprint density at radius 3 is 2.69 bits per heavy atom. The summed E-state index contributed by atoms with van der Waals surface area (Å²) in [7, 11) is 1.67. The highest BCUT2D eigenvalue weighted by molar-refractivity contribution is 9.10. The Labute approximate surface area is 106 Å². The zero-order valence-electron chi connectivity index (χ0n) is 10.0. The molecule has 0 aliphatic carbocycles. The molecule has 90 valence electrons. The van der Waals surface area contributed by atoms with Gasteiger partial charge in [-0.1, -0.05) is 32.3 Å². The third-order valence-corrected chi connectivity index (χ3v) is 3.34. The van der Waals surface area contributed by atoms with E-state index in [0.29, 0.717) is 0 Å². The summed E-state index contributed by atoms with van der Waals surface area (Å²) >= 11 is 3.48. The molecule has 1 aromatic rings. The monoisotopic (exact) mass is 285 g/mol. The molecular formula is C13H20BrNO. The first-order valence-corrected chi connectivity index (χ1v) is 6.57. The Morgan fingerprint density at radius 1 is 1.38 bits per heavy atom. The smallest absolute Gasteiger partial charge is 0.133 e. The van der Waals surface area contributed by atoms with Crippen molar-refractivity contribution in [3.05, 3.63) is 28.2 Å². The molecule has 1 rings (SSSR count). The fourth-order valence-electron chi connectivity index (χ4n) is 1.69. The highest BCUT2D eigenvalue weighted by Crippen LogP contribution is 2.28. The third kappa shape index (κ3) is 3.80. The molecule has 0 saturated carbocycles. The number of nitrogens with two attached hydrogens (primary N) is 1. The molecule has 0 aliphatic heterocycles. The number of benzene rings is 1. The van der Waals surface area contributed by atoms with Gasteiger partial charge in [0.15, 0.2) is 0 Å². The average Bonchev–Trinajstić information content (AvgIpc) is 2.29. The van der Waals surface area contributed by atoms with E-state index in [2.05, 4.69) is 28.9 Å². The molecule has 0 amide bonds. The summed E-state index contributed by atoms with van der Waals surface area (Å²) in [5.41, 5.74) is 7.30. The molecule has 0 aliphatic rings. The summed E-state index contributed by atoms with van der Waals surface area (Å²) in [4.78, 5) is 0. The van der Waals surface area contributed by atoms with Crippen LogP contribution in [0.3, 0.4) is 0 Å². The van der Waals surface area contributed by atoms with Crippen molar-refractivity contribution in [3.63, 3.8) is 0 Å². The van der Waals surface area contributed by atoms with E-state index in [4.69, 9.17) is 10.5 Å². The van der Waals surface area contributed by atoms with Gasteiger partial charge >= 0.3 is 0 Å². The summed E-state index contributed by atoms with van der Waals surface area (Å²) in [6.45, 7) is 2.20. The van der Waals surface area contributed by atoms with Crippen molar-refractivity contribution in [2.45, 2.75) is 38.6 Å². The predicted octanol–water partition coefficient (Wildman–Crippen LogP) is 4.04. The van der Waals surface area contributed by atoms with E-state index >= 15 is 0 Å². The number of hydrogen-bond donors (Lipinski definition) is 1. The van der Waals surface area contributed by atoms with E-state index in [0.717, 1.165) is 16.6 Å². The van der Waals surface area contributed by atoms with Crippen molar-refractivity contribution < 1.29 is 4.74 Å². The van der Waals surface area contributed by atoms with Crippen molar-refractivity contribution in [3.8, 4) is 5.75 Å². The highest BCUT2D eigenvalue weighted by atomic mass is 79.9. The minimum absolute atomic E-state index is 0.133. The Morgan fingerprint density at radius 2 is 2.12 bits per heavy atom. The van der Waals surface area contributed by atoms with Gasteiger partial charge in [-0.25, -0.2) is 0 Å². The Kier molecular flexibility index (Phi) is 5.85. The molecule has 0 fully saturated rings. The van der Waals surface area contributed by atoms with Crippen LogP contribution in [0.5, 0.6) is 5.75 Å². The predicted molar refractivity (Wildman–Crippen MR) is 71.8 cm³/mol. The van der Waals surface area contributed by atoms with E-state index < -0.39 is 0 Å². The molecule has 2 N–H and O–H groups in total. The van der Waals surface area contributed by atoms with Crippen LogP contribution in [0, 0.1) is 0 Å². The Hall–Kier alpha value is -0.540. The Bertz CT molecular complexity index is 328. The number of halogens is 1. The second-order valence-electron chi connectivity index (χ2n) is 4.00. The fourth-order valence-corrected chi connectivity index (χ4v) is 2.25. The largest absolute Gasteiger partial charge is 0.496 e. The molecule has 3 heteroatoms. The van der Waals surface area contributed by atoms with Gasteiger partial charge in [0.1, 0.15) is 5.75 Å². The lowest BCUT2D eigenvalue weighted by atomic mass is 10.0. The summed E-state index contributed by atoms with van der Waals surface area (Å²) in [6.07, 6.45) is 4.73. The van der Waals surface area contributed by atoms with Gasteiger partial charge < -0.3 is 10.5 Å². The maximum atomic E-state index is 6.13. The zero-order valence-corrected chi connectivity index (χ0v) is 11.6. The van der Waals surface area contributed by atoms with Crippen LogP contribution >= 0.6 is 15.9 Å². The second-order valence-corrected chi connectivity index (χ2v) is 4.85. The minimum Gasteiger partial charge on any atom is -0.496 e. The van der Waals surface area contributed by atoms with Gasteiger partial charge in [-0.3, -0.25) is 0 Å². The molecule has 0 spiro atoms. The fraction of sp³-hybridized carbons (Fsp3) is 0.538. The molecule has 0 radical (unpaired) electrons. The van der Waals surface area contributed by atoms with Crippen molar-refractivity contribution >= 4 is 15.9 Å². The molecular weight excluding hydrogens is 266 g/mol. The number of methoxy groups -OCH3 is 1. The molecule has 0 bridgehead atoms. The summed E-state index contributed by atoms with van der Waals surface area (Å²) in [5.74, 6) is 0.851. The van der Waals surface area contributed by atoms with Crippen molar-refractivity contribution in [1.82, 2.24) is 0 Å². The summed E-state index contributed by atoms with van der Waals surface area (Å²) < 4.78 is 6.16. The van der Waals surface area contributed by atoms with Gasteiger partial charge in [0.25, 0.3) is 0 Å². The van der Waals surface area contributed by atoms with Crippen molar-refractivity contribution in [2.75, 3.05) is 7.11 Å². The molecule has 0 aromatic heterocycles. The topological polar surface area (TPSA) is 35.2 Å². The van der Waals surface area contributed by atoms with Crippen molar-refractivity contribution in [2.24, 2.45) is 5.73 Å². The van der Waals surface area contributed by atoms with Gasteiger partial charge in [-0.05, 0) is 40.0 Å². The standard InChI is InChI=1S/C13H20BrNO/c1-3-4-5-6-12(15)10-7-8-13(16-2)11(14)9-10/h7-9,12H,3-6,15H2,1-2H3/t12-/m0/s1. The van der Waals surface area contributed by atoms with Gasteiger partial charge in [-0.15, -0.1) is 0 Å². The highest BCUT2D eigenvalue weighted by Gasteiger charge is 2.08. The van der Waals surface area contributed by atoms with Crippen LogP contribution in [0.15, 0.2) is 22.7 Å². The first-order valence-electron chi connectivity index (χ1n) is 5.78. The lowest BCUT2D eigenvalue weighted by molar-refractivity contribution is 0.411. The normalized spacial score (nSPS) is 12.5. The van der Waals surface area contributed by atoms with Gasteiger partial charge in [-0.2, -0.15) is 0 Å². The molecule has 2 nitrogen and oxygen atoms in total. The van der Waals surface area contributed by atoms with E-state index in [1.54, 1.807) is 7.11 Å². The Balaban J connectivity index is 2.62. The first-order chi connectivity index (χ1) is 7.69. The maximum Gasteiger partial charge on any atom is 0.133 e. The molecule has 0 heterocycles. The van der Waals surface area contributed by atoms with Crippen LogP contribution < -0.4 is 10.5 Å². The number of hydrogen-bond acceptors (Lipinski definition) is 2. The van der Waals surface area contributed by atoms with Crippen LogP contribution in [-0.4, -0.2) is 7.11 Å². The number of ether oxygens (including phenoxy) is 1. The van der Waals surface area contributed by atoms with Crippen LogP contribution in [0.25, 0.3) is 0 Å². The van der Waals surface area contributed by atoms with Gasteiger partial charge in [0.2, 0.25) is 0 Å². The lowest BCUT2D eigenvalue weighted by Gasteiger charge is -2.13. The van der Waals surface area contributed by atoms with Crippen molar-refractivity contribution in [1.29, 1.82) is 0 Å². The molecule has 1 aromatic carbocycles. The van der Waals surface area contributed by atoms with Gasteiger partial charge in [0.05, 0.1) is 11.6 Å². The van der Waals surface area contributed by atoms with E-state index in [9.17, 15) is 0 Å². The summed E-state index contributed by atoms with van der Waals surface area (Å²) in [6, 6.07) is 6.18. The third-order valence-electron chi connectivity index (χ3n) is 2.72. The molecule has 0 saturated heterocycles. The van der Waals surface area contributed by atoms with E-state index in [1.165, 1.54) is 24.8 Å². The first kappa shape index (κ1) is 13.5. The van der Waals surface area contributed by atoms with Crippen LogP contribution in [0.2, 0.25) is 0 Å². The maximum absolute atomic E-state index is 6.13. The SMILES string of the molecule is CCCCC[C@H](N)c1ccc(OC)c(Br)c1. The second kappa shape index (κ2) is 6.92. The quantitative estimate of drug-likeness (QED) is 0.801. The van der Waals surface area contributed by atoms with E-state index in [1.807, 2.05) is 12.1 Å². The van der Waals surface area contributed by atoms with E-state index in [-0.39, 0.29) is 6.04 Å². The summed E-state index contributed by atoms with van der Waals surface area (Å²) in [5, 5.41) is 0. The number of rotatable bonds is 6. The van der Waals surface area contributed by atoms with Gasteiger partial charge in [0, 0.05) is 6.04 Å². The molecule has 0 unspecified atom stereocenters. The number of unbranched alkanes of at least 4 members (excludes halogenated alkanes) is 2. The van der Waals surface area contributed by atoms with Crippen LogP contribution in [-0.2, 0) is 0 Å². The minimum atomic E-state index is 0.133. The molecule has 1 atom stereocenters. The van der Waals surface area contributed by atoms with Crippen LogP contribution in [0.4, 0.5) is 0 Å².